The SMILES string of the molecule is CCC(C)CNS(=O)(=O)c1cn[nH]c1N. The van der Waals surface area contributed by atoms with Crippen LogP contribution in [0.1, 0.15) is 20.3 Å². The summed E-state index contributed by atoms with van der Waals surface area (Å²) in [5, 5.41) is 5.95. The fourth-order valence-electron chi connectivity index (χ4n) is 0.973. The lowest BCUT2D eigenvalue weighted by Gasteiger charge is -2.09. The van der Waals surface area contributed by atoms with Crippen LogP contribution in [0.15, 0.2) is 11.1 Å². The monoisotopic (exact) mass is 232 g/mol. The first-order chi connectivity index (χ1) is 6.97. The highest BCUT2D eigenvalue weighted by Gasteiger charge is 2.19. The molecule has 0 aromatic carbocycles. The van der Waals surface area contributed by atoms with Gasteiger partial charge in [-0.15, -0.1) is 0 Å². The third-order valence-electron chi connectivity index (χ3n) is 2.24. The molecular weight excluding hydrogens is 216 g/mol. The number of aromatic amines is 1. The lowest BCUT2D eigenvalue weighted by molar-refractivity contribution is 0.528. The van der Waals surface area contributed by atoms with E-state index in [1.54, 1.807) is 0 Å². The van der Waals surface area contributed by atoms with Crippen molar-refractivity contribution in [3.8, 4) is 0 Å². The van der Waals surface area contributed by atoms with E-state index in [1.807, 2.05) is 13.8 Å². The van der Waals surface area contributed by atoms with Crippen LogP contribution in [0.5, 0.6) is 0 Å². The molecule has 0 radical (unpaired) electrons. The van der Waals surface area contributed by atoms with Crippen molar-refractivity contribution in [2.75, 3.05) is 12.3 Å². The third kappa shape index (κ3) is 2.93. The topological polar surface area (TPSA) is 101 Å². The third-order valence-corrected chi connectivity index (χ3v) is 3.69. The molecule has 0 aliphatic carbocycles. The number of nitrogens with one attached hydrogen (secondary N) is 2. The quantitative estimate of drug-likeness (QED) is 0.680. The first kappa shape index (κ1) is 12.0. The van der Waals surface area contributed by atoms with Gasteiger partial charge < -0.3 is 5.73 Å². The number of anilines is 1. The molecule has 1 atom stereocenters. The lowest BCUT2D eigenvalue weighted by atomic mass is 10.1. The molecule has 0 fully saturated rings. The summed E-state index contributed by atoms with van der Waals surface area (Å²) in [5.74, 6) is 0.361. The second-order valence-corrected chi connectivity index (χ2v) is 5.25. The van der Waals surface area contributed by atoms with Gasteiger partial charge >= 0.3 is 0 Å². The minimum Gasteiger partial charge on any atom is -0.383 e. The molecule has 6 nitrogen and oxygen atoms in total. The summed E-state index contributed by atoms with van der Waals surface area (Å²) in [5.41, 5.74) is 5.43. The molecule has 0 aliphatic rings. The van der Waals surface area contributed by atoms with Crippen LogP contribution in [-0.2, 0) is 10.0 Å². The van der Waals surface area contributed by atoms with E-state index < -0.39 is 10.0 Å². The summed E-state index contributed by atoms with van der Waals surface area (Å²) in [6, 6.07) is 0. The normalized spacial score (nSPS) is 14.0. The second-order valence-electron chi connectivity index (χ2n) is 3.51. The summed E-state index contributed by atoms with van der Waals surface area (Å²) < 4.78 is 25.9. The Morgan fingerprint density at radius 1 is 1.67 bits per heavy atom. The van der Waals surface area contributed by atoms with Crippen LogP contribution in [0.4, 0.5) is 5.82 Å². The molecule has 86 valence electrons. The Morgan fingerprint density at radius 2 is 2.33 bits per heavy atom. The molecular formula is C8H16N4O2S. The van der Waals surface area contributed by atoms with Crippen molar-refractivity contribution in [2.24, 2.45) is 5.92 Å². The zero-order chi connectivity index (χ0) is 11.5. The number of H-pyrrole nitrogens is 1. The van der Waals surface area contributed by atoms with E-state index >= 15 is 0 Å². The molecule has 1 rings (SSSR count). The second kappa shape index (κ2) is 4.63. The Morgan fingerprint density at radius 3 is 2.80 bits per heavy atom. The highest BCUT2D eigenvalue weighted by atomic mass is 32.2. The van der Waals surface area contributed by atoms with Gasteiger partial charge in [-0.2, -0.15) is 5.10 Å². The largest absolute Gasteiger partial charge is 0.383 e. The number of nitrogen functional groups attached to an aromatic ring is 1. The number of hydrogen-bond donors (Lipinski definition) is 3. The molecule has 0 saturated carbocycles. The number of rotatable bonds is 5. The van der Waals surface area contributed by atoms with Crippen molar-refractivity contribution in [1.29, 1.82) is 0 Å². The van der Waals surface area contributed by atoms with Crippen molar-refractivity contribution >= 4 is 15.8 Å². The number of sulfonamides is 1. The van der Waals surface area contributed by atoms with Crippen LogP contribution < -0.4 is 10.5 Å². The number of nitrogens with zero attached hydrogens (tertiary/aromatic N) is 1. The average molecular weight is 232 g/mol. The molecule has 0 saturated heterocycles. The smallest absolute Gasteiger partial charge is 0.245 e. The summed E-state index contributed by atoms with van der Waals surface area (Å²) in [6.45, 7) is 4.38. The maximum atomic E-state index is 11.7. The molecule has 1 heterocycles. The van der Waals surface area contributed by atoms with Gasteiger partial charge in [-0.3, -0.25) is 5.10 Å². The van der Waals surface area contributed by atoms with E-state index in [0.29, 0.717) is 12.5 Å². The Hall–Kier alpha value is -1.08. The van der Waals surface area contributed by atoms with Gasteiger partial charge in [0.25, 0.3) is 0 Å². The van der Waals surface area contributed by atoms with E-state index in [4.69, 9.17) is 5.73 Å². The van der Waals surface area contributed by atoms with Crippen molar-refractivity contribution in [3.05, 3.63) is 6.20 Å². The highest BCUT2D eigenvalue weighted by molar-refractivity contribution is 7.89. The van der Waals surface area contributed by atoms with Gasteiger partial charge in [-0.05, 0) is 5.92 Å². The van der Waals surface area contributed by atoms with E-state index in [-0.39, 0.29) is 10.7 Å². The molecule has 0 aliphatic heterocycles. The highest BCUT2D eigenvalue weighted by Crippen LogP contribution is 2.13. The van der Waals surface area contributed by atoms with Gasteiger partial charge in [-0.1, -0.05) is 20.3 Å². The minimum absolute atomic E-state index is 0.00537. The van der Waals surface area contributed by atoms with E-state index in [9.17, 15) is 8.42 Å². The Kier molecular flexibility index (Phi) is 3.70. The maximum absolute atomic E-state index is 11.7. The molecule has 1 aromatic rings. The van der Waals surface area contributed by atoms with Crippen molar-refractivity contribution in [2.45, 2.75) is 25.2 Å². The average Bonchev–Trinajstić information content (AvgIpc) is 2.61. The fourth-order valence-corrected chi connectivity index (χ4v) is 2.16. The fraction of sp³-hybridized carbons (Fsp3) is 0.625. The first-order valence-electron chi connectivity index (χ1n) is 4.76. The van der Waals surface area contributed by atoms with Gasteiger partial charge in [0, 0.05) is 6.54 Å². The van der Waals surface area contributed by atoms with Gasteiger partial charge in [0.05, 0.1) is 6.20 Å². The summed E-state index contributed by atoms with van der Waals surface area (Å²) in [7, 11) is -3.52. The predicted molar refractivity (Wildman–Crippen MR) is 57.6 cm³/mol. The van der Waals surface area contributed by atoms with Gasteiger partial charge in [0.2, 0.25) is 10.0 Å². The molecule has 15 heavy (non-hydrogen) atoms. The van der Waals surface area contributed by atoms with Crippen LogP contribution >= 0.6 is 0 Å². The van der Waals surface area contributed by atoms with Crippen LogP contribution in [0, 0.1) is 5.92 Å². The standard InChI is InChI=1S/C8H16N4O2S/c1-3-6(2)4-11-15(13,14)7-5-10-12-8(7)9/h5-6,11H,3-4H2,1-2H3,(H3,9,10,12). The summed E-state index contributed by atoms with van der Waals surface area (Å²) in [6.07, 6.45) is 2.12. The number of nitrogens with two attached hydrogens (primary N) is 1. The van der Waals surface area contributed by atoms with Crippen LogP contribution in [-0.4, -0.2) is 25.2 Å². The van der Waals surface area contributed by atoms with Crippen molar-refractivity contribution in [1.82, 2.24) is 14.9 Å². The molecule has 1 aromatic heterocycles. The Balaban J connectivity index is 2.73. The molecule has 1 unspecified atom stereocenters. The van der Waals surface area contributed by atoms with Crippen molar-refractivity contribution in [3.63, 3.8) is 0 Å². The van der Waals surface area contributed by atoms with Gasteiger partial charge in [0.1, 0.15) is 10.7 Å². The first-order valence-corrected chi connectivity index (χ1v) is 6.24. The molecule has 4 N–H and O–H groups in total. The predicted octanol–water partition coefficient (Wildman–Crippen LogP) is 0.316. The zero-order valence-corrected chi connectivity index (χ0v) is 9.63. The Labute approximate surface area is 89.3 Å². The van der Waals surface area contributed by atoms with Gasteiger partial charge in [-0.25, -0.2) is 13.1 Å². The van der Waals surface area contributed by atoms with Gasteiger partial charge in [0.15, 0.2) is 0 Å². The Bertz CT molecular complexity index is 412. The maximum Gasteiger partial charge on any atom is 0.245 e. The van der Waals surface area contributed by atoms with Crippen LogP contribution in [0.2, 0.25) is 0 Å². The van der Waals surface area contributed by atoms with Crippen LogP contribution in [0.3, 0.4) is 0 Å². The minimum atomic E-state index is -3.52. The summed E-state index contributed by atoms with van der Waals surface area (Å²) >= 11 is 0. The molecule has 0 spiro atoms. The number of hydrogen-bond acceptors (Lipinski definition) is 4. The van der Waals surface area contributed by atoms with E-state index in [0.717, 1.165) is 6.42 Å². The molecule has 7 heteroatoms. The summed E-state index contributed by atoms with van der Waals surface area (Å²) in [4.78, 5) is 0.00537. The van der Waals surface area contributed by atoms with E-state index in [1.165, 1.54) is 6.20 Å². The van der Waals surface area contributed by atoms with Crippen LogP contribution in [0.25, 0.3) is 0 Å². The molecule has 0 bridgehead atoms. The van der Waals surface area contributed by atoms with Crippen molar-refractivity contribution < 1.29 is 8.42 Å². The lowest BCUT2D eigenvalue weighted by Crippen LogP contribution is -2.28. The van der Waals surface area contributed by atoms with E-state index in [2.05, 4.69) is 14.9 Å². The zero-order valence-electron chi connectivity index (χ0n) is 8.82. The molecule has 0 amide bonds. The number of aromatic nitrogens is 2.